The van der Waals surface area contributed by atoms with Crippen LogP contribution in [0.3, 0.4) is 0 Å². The van der Waals surface area contributed by atoms with Gasteiger partial charge in [-0.3, -0.25) is 4.79 Å². The molecule has 1 aromatic carbocycles. The molecule has 0 spiro atoms. The van der Waals surface area contributed by atoms with Gasteiger partial charge in [0.25, 0.3) is 5.91 Å². The number of amides is 1. The standard InChI is InChI=1S/C18H25NO2/c1-2-14-7-10-18(21,11-8-14)13-19-12-9-15-5-3-4-6-16(15)17(19)20/h3-6,14,21H,2,7-13H2,1H3. The number of hydrogen-bond donors (Lipinski definition) is 1. The number of benzene rings is 1. The fourth-order valence-electron chi connectivity index (χ4n) is 3.76. The van der Waals surface area contributed by atoms with Crippen molar-refractivity contribution in [3.63, 3.8) is 0 Å². The Morgan fingerprint density at radius 1 is 1.29 bits per heavy atom. The van der Waals surface area contributed by atoms with Crippen LogP contribution < -0.4 is 0 Å². The largest absolute Gasteiger partial charge is 0.388 e. The number of nitrogens with zero attached hydrogens (tertiary/aromatic N) is 1. The molecule has 1 saturated carbocycles. The van der Waals surface area contributed by atoms with Crippen LogP contribution in [-0.4, -0.2) is 34.6 Å². The number of aliphatic hydroxyl groups is 1. The van der Waals surface area contributed by atoms with Crippen LogP contribution in [0.2, 0.25) is 0 Å². The summed E-state index contributed by atoms with van der Waals surface area (Å²) >= 11 is 0. The second-order valence-electron chi connectivity index (χ2n) is 6.71. The van der Waals surface area contributed by atoms with Crippen LogP contribution in [-0.2, 0) is 6.42 Å². The SMILES string of the molecule is CCC1CCC(O)(CN2CCc3ccccc3C2=O)CC1. The summed E-state index contributed by atoms with van der Waals surface area (Å²) in [6.45, 7) is 3.45. The van der Waals surface area contributed by atoms with Gasteiger partial charge < -0.3 is 10.0 Å². The third-order valence-electron chi connectivity index (χ3n) is 5.28. The van der Waals surface area contributed by atoms with Gasteiger partial charge in [0.1, 0.15) is 0 Å². The highest BCUT2D eigenvalue weighted by Gasteiger charge is 2.36. The Kier molecular flexibility index (Phi) is 4.03. The molecule has 1 heterocycles. The molecule has 0 radical (unpaired) electrons. The zero-order valence-corrected chi connectivity index (χ0v) is 12.8. The lowest BCUT2D eigenvalue weighted by atomic mass is 9.77. The van der Waals surface area contributed by atoms with Gasteiger partial charge in [-0.25, -0.2) is 0 Å². The van der Waals surface area contributed by atoms with Gasteiger partial charge in [0.2, 0.25) is 0 Å². The molecule has 1 aliphatic heterocycles. The lowest BCUT2D eigenvalue weighted by molar-refractivity contribution is -0.0331. The summed E-state index contributed by atoms with van der Waals surface area (Å²) in [5, 5.41) is 10.8. The van der Waals surface area contributed by atoms with Crippen molar-refractivity contribution in [2.75, 3.05) is 13.1 Å². The first kappa shape index (κ1) is 14.6. The molecule has 3 heteroatoms. The molecule has 2 aliphatic rings. The maximum absolute atomic E-state index is 12.6. The molecule has 0 atom stereocenters. The van der Waals surface area contributed by atoms with Gasteiger partial charge in [0.15, 0.2) is 0 Å². The van der Waals surface area contributed by atoms with Crippen molar-refractivity contribution in [2.24, 2.45) is 5.92 Å². The van der Waals surface area contributed by atoms with E-state index < -0.39 is 5.60 Å². The Balaban J connectivity index is 1.68. The van der Waals surface area contributed by atoms with E-state index in [-0.39, 0.29) is 5.91 Å². The van der Waals surface area contributed by atoms with Crippen LogP contribution in [0.1, 0.15) is 54.9 Å². The summed E-state index contributed by atoms with van der Waals surface area (Å²) in [5.41, 5.74) is 1.28. The number of β-amino-alcohol motifs (C(OH)–C–C–N with tert-alkyl or cyclic N) is 1. The highest BCUT2D eigenvalue weighted by molar-refractivity contribution is 5.96. The van der Waals surface area contributed by atoms with Crippen LogP contribution in [0, 0.1) is 5.92 Å². The van der Waals surface area contributed by atoms with Gasteiger partial charge in [0, 0.05) is 18.7 Å². The topological polar surface area (TPSA) is 40.5 Å². The van der Waals surface area contributed by atoms with E-state index in [4.69, 9.17) is 0 Å². The summed E-state index contributed by atoms with van der Waals surface area (Å²) in [6, 6.07) is 7.84. The molecule has 1 amide bonds. The van der Waals surface area contributed by atoms with Crippen molar-refractivity contribution in [3.05, 3.63) is 35.4 Å². The summed E-state index contributed by atoms with van der Waals surface area (Å²) in [5.74, 6) is 0.839. The Hall–Kier alpha value is -1.35. The van der Waals surface area contributed by atoms with Crippen molar-refractivity contribution >= 4 is 5.91 Å². The predicted octanol–water partition coefficient (Wildman–Crippen LogP) is 3.02. The van der Waals surface area contributed by atoms with E-state index in [2.05, 4.69) is 6.92 Å². The van der Waals surface area contributed by atoms with Crippen LogP contribution in [0.4, 0.5) is 0 Å². The van der Waals surface area contributed by atoms with Gasteiger partial charge in [-0.15, -0.1) is 0 Å². The van der Waals surface area contributed by atoms with Crippen LogP contribution in [0.15, 0.2) is 24.3 Å². The number of rotatable bonds is 3. The fourth-order valence-corrected chi connectivity index (χ4v) is 3.76. The Bertz CT molecular complexity index is 518. The summed E-state index contributed by atoms with van der Waals surface area (Å²) < 4.78 is 0. The smallest absolute Gasteiger partial charge is 0.254 e. The average Bonchev–Trinajstić information content (AvgIpc) is 2.51. The molecule has 3 rings (SSSR count). The van der Waals surface area contributed by atoms with E-state index >= 15 is 0 Å². The number of carbonyl (C=O) groups is 1. The van der Waals surface area contributed by atoms with E-state index in [1.807, 2.05) is 29.2 Å². The van der Waals surface area contributed by atoms with Gasteiger partial charge in [-0.1, -0.05) is 31.5 Å². The predicted molar refractivity (Wildman–Crippen MR) is 83.2 cm³/mol. The lowest BCUT2D eigenvalue weighted by Gasteiger charge is -2.40. The number of hydrogen-bond acceptors (Lipinski definition) is 2. The second-order valence-corrected chi connectivity index (χ2v) is 6.71. The van der Waals surface area contributed by atoms with Crippen molar-refractivity contribution in [1.29, 1.82) is 0 Å². The molecule has 0 unspecified atom stereocenters. The fraction of sp³-hybridized carbons (Fsp3) is 0.611. The Morgan fingerprint density at radius 2 is 2.00 bits per heavy atom. The highest BCUT2D eigenvalue weighted by atomic mass is 16.3. The van der Waals surface area contributed by atoms with Gasteiger partial charge in [-0.2, -0.15) is 0 Å². The second kappa shape index (κ2) is 5.80. The zero-order chi connectivity index (χ0) is 14.9. The Labute approximate surface area is 127 Å². The van der Waals surface area contributed by atoms with Gasteiger partial charge in [-0.05, 0) is 49.7 Å². The zero-order valence-electron chi connectivity index (χ0n) is 12.8. The van der Waals surface area contributed by atoms with Crippen LogP contribution >= 0.6 is 0 Å². The Morgan fingerprint density at radius 3 is 2.71 bits per heavy atom. The molecule has 0 aromatic heterocycles. The van der Waals surface area contributed by atoms with Gasteiger partial charge >= 0.3 is 0 Å². The van der Waals surface area contributed by atoms with Crippen molar-refractivity contribution in [1.82, 2.24) is 4.90 Å². The van der Waals surface area contributed by atoms with Crippen LogP contribution in [0.5, 0.6) is 0 Å². The minimum Gasteiger partial charge on any atom is -0.388 e. The van der Waals surface area contributed by atoms with E-state index in [1.165, 1.54) is 6.42 Å². The summed E-state index contributed by atoms with van der Waals surface area (Å²) in [7, 11) is 0. The average molecular weight is 287 g/mol. The highest BCUT2D eigenvalue weighted by Crippen LogP contribution is 2.35. The van der Waals surface area contributed by atoms with Crippen molar-refractivity contribution in [2.45, 2.75) is 51.0 Å². The summed E-state index contributed by atoms with van der Waals surface area (Å²) in [4.78, 5) is 14.4. The molecule has 1 aromatic rings. The van der Waals surface area contributed by atoms with Crippen molar-refractivity contribution < 1.29 is 9.90 Å². The van der Waals surface area contributed by atoms with Gasteiger partial charge in [0.05, 0.1) is 5.60 Å². The first-order chi connectivity index (χ1) is 10.1. The third kappa shape index (κ3) is 2.98. The number of fused-ring (bicyclic) bond motifs is 1. The molecule has 114 valence electrons. The molecule has 21 heavy (non-hydrogen) atoms. The quantitative estimate of drug-likeness (QED) is 0.928. The minimum atomic E-state index is -0.673. The van der Waals surface area contributed by atoms with E-state index in [1.54, 1.807) is 0 Å². The molecular formula is C18H25NO2. The maximum Gasteiger partial charge on any atom is 0.254 e. The van der Waals surface area contributed by atoms with E-state index in [0.717, 1.165) is 55.7 Å². The normalized spacial score (nSPS) is 29.3. The maximum atomic E-state index is 12.6. The monoisotopic (exact) mass is 287 g/mol. The first-order valence-electron chi connectivity index (χ1n) is 8.21. The van der Waals surface area contributed by atoms with E-state index in [9.17, 15) is 9.90 Å². The minimum absolute atomic E-state index is 0.0860. The lowest BCUT2D eigenvalue weighted by Crippen LogP contribution is -2.49. The third-order valence-corrected chi connectivity index (χ3v) is 5.28. The van der Waals surface area contributed by atoms with Crippen LogP contribution in [0.25, 0.3) is 0 Å². The first-order valence-corrected chi connectivity index (χ1v) is 8.21. The molecule has 1 N–H and O–H groups in total. The van der Waals surface area contributed by atoms with E-state index in [0.29, 0.717) is 6.54 Å². The number of carbonyl (C=O) groups excluding carboxylic acids is 1. The molecule has 1 fully saturated rings. The molecule has 1 aliphatic carbocycles. The summed E-state index contributed by atoms with van der Waals surface area (Å²) in [6.07, 6.45) is 5.94. The molecule has 0 saturated heterocycles. The molecule has 0 bridgehead atoms. The van der Waals surface area contributed by atoms with Crippen molar-refractivity contribution in [3.8, 4) is 0 Å². The molecular weight excluding hydrogens is 262 g/mol. The molecule has 3 nitrogen and oxygen atoms in total.